The minimum atomic E-state index is -0.249. The van der Waals surface area contributed by atoms with Gasteiger partial charge in [0.1, 0.15) is 4.83 Å². The molecule has 0 aromatic rings. The van der Waals surface area contributed by atoms with E-state index < -0.39 is 0 Å². The van der Waals surface area contributed by atoms with Gasteiger partial charge in [-0.3, -0.25) is 24.5 Å². The average molecular weight is 1420 g/mol. The Morgan fingerprint density at radius 3 is 1.21 bits per heavy atom. The minimum absolute atomic E-state index is 0.000000000000000222. The number of carbonyl (C=O) groups is 4. The summed E-state index contributed by atoms with van der Waals surface area (Å²) in [5, 5.41) is 66.7. The molecule has 11 N–H and O–H groups in total. The highest BCUT2D eigenvalue weighted by molar-refractivity contribution is 9.10. The number of esters is 2. The smallest absolute Gasteiger partial charge is 0.319 e. The Bertz CT molecular complexity index is 2690. The number of aliphatic hydroxyl groups is 6. The number of fused-ring (bicyclic) bond motifs is 15. The summed E-state index contributed by atoms with van der Waals surface area (Å²) in [6.45, 7) is 21.7. The van der Waals surface area contributed by atoms with Crippen molar-refractivity contribution >= 4 is 68.1 Å². The first-order valence-electron chi connectivity index (χ1n) is 37.6. The zero-order valence-corrected chi connectivity index (χ0v) is 62.5. The van der Waals surface area contributed by atoms with Gasteiger partial charge >= 0.3 is 11.9 Å². The van der Waals surface area contributed by atoms with Crippen LogP contribution in [0.3, 0.4) is 0 Å². The van der Waals surface area contributed by atoms with Crippen molar-refractivity contribution in [1.82, 2.24) is 5.32 Å². The molecular weight excluding hydrogens is 1290 g/mol. The SMILES string of the molecule is COC(=O)C(Br)C[C@@H](C)C1CCC2C3C(CC[C@@]21C)[C@@]1(C)CC[C@@H](O)C[C@H]1C[C@H]3O.COC(=O)CC[C@@H](C)C1CCC2C3C(CC[C@@]21C)[C@@]1(C)CC[C@@H](O)C[C@H]1C[C@H]3O.C[C@H](CC1SC(=O)NC1=O)C1CCC2C3C(CC[C@@]21C)[C@@]1(C)CC[C@@H](O)C[C@H]1C[C@H]3O.NC(N)=S. The Morgan fingerprint density at radius 2 is 0.872 bits per heavy atom. The lowest BCUT2D eigenvalue weighted by Crippen LogP contribution is -2.58. The third-order valence-electron chi connectivity index (χ3n) is 31.7. The number of thiocarbonyl (C=S) groups is 1. The minimum Gasteiger partial charge on any atom is -0.469 e. The Labute approximate surface area is 582 Å². The highest BCUT2D eigenvalue weighted by atomic mass is 79.9. The van der Waals surface area contributed by atoms with Crippen LogP contribution in [0.15, 0.2) is 0 Å². The largest absolute Gasteiger partial charge is 0.469 e. The zero-order chi connectivity index (χ0) is 68.5. The monoisotopic (exact) mass is 1420 g/mol. The summed E-state index contributed by atoms with van der Waals surface area (Å²) in [5.74, 6) is 8.84. The van der Waals surface area contributed by atoms with Crippen molar-refractivity contribution in [3.8, 4) is 0 Å². The van der Waals surface area contributed by atoms with Gasteiger partial charge in [0, 0.05) is 6.42 Å². The summed E-state index contributed by atoms with van der Waals surface area (Å²) in [5.41, 5.74) is 10.8. The number of nitrogens with two attached hydrogens (primary N) is 2. The fourth-order valence-corrected chi connectivity index (χ4v) is 28.7. The fourth-order valence-electron chi connectivity index (χ4n) is 26.9. The number of nitrogens with one attached hydrogen (secondary N) is 1. The van der Waals surface area contributed by atoms with Gasteiger partial charge in [0.2, 0.25) is 5.91 Å². The van der Waals surface area contributed by atoms with E-state index in [1.165, 1.54) is 91.3 Å². The standard InChI is InChI=1S/C25H41BrO4.C25H39NO4S.C25H42O4.CH4N2S/c1-14(11-20(26)23(29)30-4)17-5-6-18-22-19(8-10-25(17,18)3)24(2)9-7-16(27)12-15(24)13-21(22)28;1-13(10-20-22(29)26-23(30)31-20)16-4-5-17-21-18(7-9-25(16,17)3)24(2)8-6-15(27)11-14(24)12-19(21)28;1-15(5-8-22(28)29-4)18-6-7-19-23-20(10-12-25(18,19)3)24(2)11-9-17(26)13-16(24)14-21(23)27;2-1(3)4/h14-22,27-28H,5-13H2,1-4H3;13-21,27-28H,4-12H2,1-3H3,(H,26,29,30);15-21,23,26-27H,5-14H2,1-4H3;(H4,2,3,4)/t14-,15+,16-,17?,18?,19?,20?,21-,22?,24+,25-;13-,14+,15-,16?,17?,18?,19-,20?,21?,24+,25-;15-,16+,17-,18?,19?,20?,21-,23?,24+,25-;/m111./s1. The van der Waals surface area contributed by atoms with Gasteiger partial charge in [-0.2, -0.15) is 0 Å². The van der Waals surface area contributed by atoms with Crippen LogP contribution in [-0.2, 0) is 23.9 Å². The lowest BCUT2D eigenvalue weighted by atomic mass is 9.43. The Balaban J connectivity index is 0.000000150. The third-order valence-corrected chi connectivity index (χ3v) is 33.4. The van der Waals surface area contributed by atoms with Crippen LogP contribution in [0.5, 0.6) is 0 Å². The number of amides is 2. The molecule has 13 rings (SSSR count). The summed E-state index contributed by atoms with van der Waals surface area (Å²) in [7, 11) is 2.93. The summed E-state index contributed by atoms with van der Waals surface area (Å²) >= 11 is 8.79. The molecule has 14 unspecified atom stereocenters. The first kappa shape index (κ1) is 75.0. The van der Waals surface area contributed by atoms with Gasteiger partial charge in [-0.25, -0.2) is 0 Å². The van der Waals surface area contributed by atoms with Crippen molar-refractivity contribution in [3.05, 3.63) is 0 Å². The van der Waals surface area contributed by atoms with Crippen LogP contribution in [0.1, 0.15) is 242 Å². The number of alkyl halides is 1. The Kier molecular flexibility index (Phi) is 23.4. The Hall–Kier alpha value is -1.64. The first-order chi connectivity index (χ1) is 44.2. The van der Waals surface area contributed by atoms with E-state index in [1.807, 2.05) is 0 Å². The molecule has 0 aromatic heterocycles. The van der Waals surface area contributed by atoms with Crippen molar-refractivity contribution in [2.24, 2.45) is 150 Å². The van der Waals surface area contributed by atoms with Gasteiger partial charge in [-0.05, 0) is 325 Å². The molecule has 0 spiro atoms. The second-order valence-electron chi connectivity index (χ2n) is 35.7. The number of imide groups is 1. The molecule has 32 atom stereocenters. The number of ether oxygens (including phenoxy) is 2. The molecule has 13 fully saturated rings. The summed E-state index contributed by atoms with van der Waals surface area (Å²) < 4.78 is 9.78. The van der Waals surface area contributed by atoms with E-state index in [-0.39, 0.29) is 102 Å². The molecule has 1 saturated heterocycles. The highest BCUT2D eigenvalue weighted by Gasteiger charge is 2.67. The molecule has 1 heterocycles. The predicted molar refractivity (Wildman–Crippen MR) is 376 cm³/mol. The number of methoxy groups -OCH3 is 2. The second-order valence-corrected chi connectivity index (χ2v) is 38.4. The van der Waals surface area contributed by atoms with Crippen molar-refractivity contribution < 1.29 is 59.3 Å². The fraction of sp³-hybridized carbons (Fsp3) is 0.934. The molecule has 12 saturated carbocycles. The van der Waals surface area contributed by atoms with E-state index in [1.54, 1.807) is 0 Å². The second kappa shape index (κ2) is 29.4. The zero-order valence-electron chi connectivity index (χ0n) is 59.3. The molecule has 12 aliphatic carbocycles. The van der Waals surface area contributed by atoms with Gasteiger partial charge in [0.05, 0.1) is 56.1 Å². The average Bonchev–Trinajstić information content (AvgIpc) is 1.34. The van der Waals surface area contributed by atoms with Crippen molar-refractivity contribution in [1.29, 1.82) is 0 Å². The van der Waals surface area contributed by atoms with Gasteiger partial charge in [-0.15, -0.1) is 0 Å². The Morgan fingerprint density at radius 1 is 0.532 bits per heavy atom. The molecule has 2 amide bonds. The molecule has 18 heteroatoms. The maximum absolute atomic E-state index is 12.1. The van der Waals surface area contributed by atoms with Gasteiger partial charge in [0.25, 0.3) is 5.24 Å². The highest BCUT2D eigenvalue weighted by Crippen LogP contribution is 2.72. The van der Waals surface area contributed by atoms with Crippen LogP contribution in [0.4, 0.5) is 4.79 Å². The van der Waals surface area contributed by atoms with E-state index in [9.17, 15) is 49.8 Å². The van der Waals surface area contributed by atoms with Gasteiger partial charge < -0.3 is 51.6 Å². The van der Waals surface area contributed by atoms with E-state index in [0.29, 0.717) is 118 Å². The molecule has 0 bridgehead atoms. The van der Waals surface area contributed by atoms with Crippen LogP contribution in [0, 0.1) is 139 Å². The molecule has 0 radical (unpaired) electrons. The normalized spacial score (nSPS) is 49.1. The summed E-state index contributed by atoms with van der Waals surface area (Å²) in [4.78, 5) is 47.1. The van der Waals surface area contributed by atoms with E-state index in [0.717, 1.165) is 108 Å². The van der Waals surface area contributed by atoms with E-state index >= 15 is 0 Å². The number of hydrogen-bond acceptors (Lipinski definition) is 14. The quantitative estimate of drug-likeness (QED) is 0.0528. The first-order valence-corrected chi connectivity index (χ1v) is 39.8. The third kappa shape index (κ3) is 14.1. The molecule has 15 nitrogen and oxygen atoms in total. The van der Waals surface area contributed by atoms with Crippen molar-refractivity contribution in [2.75, 3.05) is 14.2 Å². The number of rotatable bonds is 11. The maximum Gasteiger partial charge on any atom is 0.319 e. The topological polar surface area (TPSA) is 272 Å². The van der Waals surface area contributed by atoms with Crippen molar-refractivity contribution in [2.45, 2.75) is 289 Å². The summed E-state index contributed by atoms with van der Waals surface area (Å²) in [6, 6.07) is 0. The van der Waals surface area contributed by atoms with Gasteiger partial charge in [0.15, 0.2) is 5.11 Å². The molecule has 0 aromatic carbocycles. The number of halogens is 1. The van der Waals surface area contributed by atoms with Gasteiger partial charge in [-0.1, -0.05) is 90.0 Å². The van der Waals surface area contributed by atoms with Crippen molar-refractivity contribution in [3.63, 3.8) is 0 Å². The molecule has 13 aliphatic rings. The van der Waals surface area contributed by atoms with Crippen LogP contribution in [0.2, 0.25) is 0 Å². The number of carbonyl (C=O) groups excluding carboxylic acids is 4. The maximum atomic E-state index is 12.1. The number of aliphatic hydroxyl groups excluding tert-OH is 6. The molecule has 536 valence electrons. The van der Waals surface area contributed by atoms with Crippen LogP contribution in [-0.4, -0.2) is 120 Å². The van der Waals surface area contributed by atoms with Crippen LogP contribution in [0.25, 0.3) is 0 Å². The van der Waals surface area contributed by atoms with Crippen LogP contribution < -0.4 is 16.8 Å². The van der Waals surface area contributed by atoms with Crippen LogP contribution >= 0.6 is 39.9 Å². The molecule has 94 heavy (non-hydrogen) atoms. The molecular formula is C76H126BrN3O12S2. The number of thioether (sulfide) groups is 1. The lowest BCUT2D eigenvalue weighted by molar-refractivity contribution is -0.174. The predicted octanol–water partition coefficient (Wildman–Crippen LogP) is 13.0. The van der Waals surface area contributed by atoms with E-state index in [2.05, 4.69) is 107 Å². The summed E-state index contributed by atoms with van der Waals surface area (Å²) in [6.07, 6.45) is 27.6. The lowest BCUT2D eigenvalue weighted by Gasteiger charge is -2.62. The molecule has 1 aliphatic heterocycles. The number of hydrogen-bond donors (Lipinski definition) is 9. The van der Waals surface area contributed by atoms with E-state index in [4.69, 9.17) is 9.47 Å².